The minimum Gasteiger partial charge on any atom is -0.464 e. The van der Waals surface area contributed by atoms with E-state index in [-0.39, 0.29) is 0 Å². The van der Waals surface area contributed by atoms with Crippen molar-refractivity contribution in [3.8, 4) is 0 Å². The normalized spacial score (nSPS) is 19.4. The second kappa shape index (κ2) is 6.22. The van der Waals surface area contributed by atoms with Crippen LogP contribution in [0.1, 0.15) is 43.7 Å². The molecule has 1 aliphatic rings. The van der Waals surface area contributed by atoms with Gasteiger partial charge in [0.05, 0.1) is 6.04 Å². The molecule has 17 heavy (non-hydrogen) atoms. The predicted octanol–water partition coefficient (Wildman–Crippen LogP) is 2.92. The van der Waals surface area contributed by atoms with E-state index in [1.54, 1.807) is 0 Å². The van der Waals surface area contributed by atoms with Crippen molar-refractivity contribution in [3.63, 3.8) is 0 Å². The Morgan fingerprint density at radius 1 is 1.35 bits per heavy atom. The number of furan rings is 1. The van der Waals surface area contributed by atoms with Crippen molar-refractivity contribution in [1.82, 2.24) is 5.32 Å². The summed E-state index contributed by atoms with van der Waals surface area (Å²) in [6, 6.07) is 4.54. The molecule has 1 unspecified atom stereocenters. The summed E-state index contributed by atoms with van der Waals surface area (Å²) in [6.07, 6.45) is 4.48. The van der Waals surface area contributed by atoms with Crippen molar-refractivity contribution in [2.75, 3.05) is 20.3 Å². The molecule has 2 rings (SSSR count). The van der Waals surface area contributed by atoms with Crippen molar-refractivity contribution in [3.05, 3.63) is 23.7 Å². The minimum atomic E-state index is 0.346. The molecule has 3 heteroatoms. The van der Waals surface area contributed by atoms with Gasteiger partial charge in [-0.25, -0.2) is 0 Å². The third kappa shape index (κ3) is 3.33. The summed E-state index contributed by atoms with van der Waals surface area (Å²) in [7, 11) is 2.01. The lowest BCUT2D eigenvalue weighted by atomic mass is 9.92. The zero-order valence-corrected chi connectivity index (χ0v) is 10.9. The molecular weight excluding hydrogens is 214 g/mol. The summed E-state index contributed by atoms with van der Waals surface area (Å²) >= 11 is 0. The molecule has 0 saturated carbocycles. The smallest absolute Gasteiger partial charge is 0.121 e. The van der Waals surface area contributed by atoms with Gasteiger partial charge in [0.25, 0.3) is 0 Å². The molecule has 1 atom stereocenters. The summed E-state index contributed by atoms with van der Waals surface area (Å²) in [6.45, 7) is 3.95. The zero-order chi connectivity index (χ0) is 12.1. The van der Waals surface area contributed by atoms with E-state index in [1.807, 2.05) is 7.05 Å². The first kappa shape index (κ1) is 12.7. The van der Waals surface area contributed by atoms with Crippen LogP contribution in [0.15, 0.2) is 16.5 Å². The van der Waals surface area contributed by atoms with Crippen LogP contribution in [0, 0.1) is 5.92 Å². The fourth-order valence-electron chi connectivity index (χ4n) is 2.46. The Balaban J connectivity index is 1.95. The topological polar surface area (TPSA) is 34.4 Å². The first-order valence-corrected chi connectivity index (χ1v) is 6.67. The number of hydrogen-bond acceptors (Lipinski definition) is 3. The highest BCUT2D eigenvalue weighted by Gasteiger charge is 2.21. The van der Waals surface area contributed by atoms with Crippen LogP contribution >= 0.6 is 0 Å². The van der Waals surface area contributed by atoms with Crippen LogP contribution in [0.5, 0.6) is 0 Å². The Morgan fingerprint density at radius 2 is 2.12 bits per heavy atom. The molecule has 3 nitrogen and oxygen atoms in total. The molecule has 1 saturated heterocycles. The van der Waals surface area contributed by atoms with E-state index in [4.69, 9.17) is 9.15 Å². The van der Waals surface area contributed by atoms with E-state index >= 15 is 0 Å². The molecule has 0 amide bonds. The fraction of sp³-hybridized carbons (Fsp3) is 0.714. The summed E-state index contributed by atoms with van der Waals surface area (Å²) in [4.78, 5) is 0. The molecule has 0 bridgehead atoms. The lowest BCUT2D eigenvalue weighted by Crippen LogP contribution is -2.23. The van der Waals surface area contributed by atoms with Gasteiger partial charge in [0.15, 0.2) is 0 Å². The highest BCUT2D eigenvalue weighted by molar-refractivity contribution is 5.11. The fourth-order valence-corrected chi connectivity index (χ4v) is 2.46. The van der Waals surface area contributed by atoms with Gasteiger partial charge in [-0.2, -0.15) is 0 Å². The Morgan fingerprint density at radius 3 is 2.71 bits per heavy atom. The SMILES string of the molecule is CCc1ccc(C(CC2CCOCC2)NC)o1. The lowest BCUT2D eigenvalue weighted by Gasteiger charge is -2.25. The Kier molecular flexibility index (Phi) is 4.63. The van der Waals surface area contributed by atoms with Crippen LogP contribution in [-0.4, -0.2) is 20.3 Å². The first-order chi connectivity index (χ1) is 8.33. The Labute approximate surface area is 104 Å². The molecule has 0 radical (unpaired) electrons. The second-order valence-electron chi connectivity index (χ2n) is 4.79. The standard InChI is InChI=1S/C14H23NO2/c1-3-12-4-5-14(17-12)13(15-2)10-11-6-8-16-9-7-11/h4-5,11,13,15H,3,6-10H2,1-2H3. The molecule has 1 fully saturated rings. The van der Waals surface area contributed by atoms with E-state index in [0.717, 1.165) is 43.5 Å². The van der Waals surface area contributed by atoms with Gasteiger partial charge in [0.2, 0.25) is 0 Å². The van der Waals surface area contributed by atoms with Crippen LogP contribution in [0.25, 0.3) is 0 Å². The lowest BCUT2D eigenvalue weighted by molar-refractivity contribution is 0.0599. The average Bonchev–Trinajstić information content (AvgIpc) is 2.86. The highest BCUT2D eigenvalue weighted by Crippen LogP contribution is 2.28. The quantitative estimate of drug-likeness (QED) is 0.855. The van der Waals surface area contributed by atoms with Crippen LogP contribution < -0.4 is 5.32 Å². The molecule has 0 spiro atoms. The van der Waals surface area contributed by atoms with Gasteiger partial charge in [-0.3, -0.25) is 0 Å². The summed E-state index contributed by atoms with van der Waals surface area (Å²) in [5, 5.41) is 3.37. The molecule has 1 aliphatic heterocycles. The van der Waals surface area contributed by atoms with Gasteiger partial charge < -0.3 is 14.5 Å². The number of hydrogen-bond donors (Lipinski definition) is 1. The first-order valence-electron chi connectivity index (χ1n) is 6.67. The maximum absolute atomic E-state index is 5.83. The highest BCUT2D eigenvalue weighted by atomic mass is 16.5. The van der Waals surface area contributed by atoms with Crippen molar-refractivity contribution < 1.29 is 9.15 Å². The van der Waals surface area contributed by atoms with Gasteiger partial charge in [-0.1, -0.05) is 6.92 Å². The van der Waals surface area contributed by atoms with E-state index in [0.29, 0.717) is 6.04 Å². The van der Waals surface area contributed by atoms with Crippen LogP contribution in [0.4, 0.5) is 0 Å². The van der Waals surface area contributed by atoms with Crippen LogP contribution in [0.3, 0.4) is 0 Å². The third-order valence-corrected chi connectivity index (χ3v) is 3.63. The summed E-state index contributed by atoms with van der Waals surface area (Å²) in [5.74, 6) is 2.92. The molecular formula is C14H23NO2. The number of ether oxygens (including phenoxy) is 1. The maximum Gasteiger partial charge on any atom is 0.121 e. The number of nitrogens with one attached hydrogen (secondary N) is 1. The largest absolute Gasteiger partial charge is 0.464 e. The Hall–Kier alpha value is -0.800. The van der Waals surface area contributed by atoms with Gasteiger partial charge in [-0.15, -0.1) is 0 Å². The van der Waals surface area contributed by atoms with E-state index < -0.39 is 0 Å². The van der Waals surface area contributed by atoms with Crippen molar-refractivity contribution >= 4 is 0 Å². The van der Waals surface area contributed by atoms with Gasteiger partial charge >= 0.3 is 0 Å². The molecule has 0 aromatic carbocycles. The molecule has 2 heterocycles. The summed E-state index contributed by atoms with van der Waals surface area (Å²) in [5.41, 5.74) is 0. The number of aryl methyl sites for hydroxylation is 1. The molecule has 1 aromatic rings. The van der Waals surface area contributed by atoms with Crippen LogP contribution in [0.2, 0.25) is 0 Å². The van der Waals surface area contributed by atoms with Crippen molar-refractivity contribution in [2.45, 2.75) is 38.6 Å². The monoisotopic (exact) mass is 237 g/mol. The van der Waals surface area contributed by atoms with Crippen molar-refractivity contribution in [1.29, 1.82) is 0 Å². The average molecular weight is 237 g/mol. The Bertz CT molecular complexity index is 329. The minimum absolute atomic E-state index is 0.346. The second-order valence-corrected chi connectivity index (χ2v) is 4.79. The van der Waals surface area contributed by atoms with Gasteiger partial charge in [0.1, 0.15) is 11.5 Å². The molecule has 1 aromatic heterocycles. The number of rotatable bonds is 5. The van der Waals surface area contributed by atoms with E-state index in [2.05, 4.69) is 24.4 Å². The van der Waals surface area contributed by atoms with E-state index in [1.165, 1.54) is 12.8 Å². The maximum atomic E-state index is 5.83. The van der Waals surface area contributed by atoms with Gasteiger partial charge in [-0.05, 0) is 44.4 Å². The molecule has 0 aliphatic carbocycles. The predicted molar refractivity (Wildman–Crippen MR) is 68.0 cm³/mol. The zero-order valence-electron chi connectivity index (χ0n) is 10.9. The van der Waals surface area contributed by atoms with Crippen molar-refractivity contribution in [2.24, 2.45) is 5.92 Å². The molecule has 1 N–H and O–H groups in total. The van der Waals surface area contributed by atoms with Crippen LogP contribution in [-0.2, 0) is 11.2 Å². The summed E-state index contributed by atoms with van der Waals surface area (Å²) < 4.78 is 11.2. The third-order valence-electron chi connectivity index (χ3n) is 3.63. The molecule has 96 valence electrons. The van der Waals surface area contributed by atoms with E-state index in [9.17, 15) is 0 Å². The van der Waals surface area contributed by atoms with Gasteiger partial charge in [0, 0.05) is 19.6 Å².